The van der Waals surface area contributed by atoms with Crippen molar-refractivity contribution in [2.45, 2.75) is 11.0 Å². The number of hydrogen-bond acceptors (Lipinski definition) is 6. The molecule has 0 saturated carbocycles. The van der Waals surface area contributed by atoms with Gasteiger partial charge in [0.25, 0.3) is 15.9 Å². The van der Waals surface area contributed by atoms with E-state index in [1.165, 1.54) is 30.5 Å². The second kappa shape index (κ2) is 10.1. The third-order valence-corrected chi connectivity index (χ3v) is 7.41. The second-order valence-electron chi connectivity index (χ2n) is 7.95. The van der Waals surface area contributed by atoms with Gasteiger partial charge in [-0.25, -0.2) is 8.42 Å². The minimum Gasteiger partial charge on any atom is -0.477 e. The van der Waals surface area contributed by atoms with Crippen LogP contribution >= 0.6 is 0 Å². The number of nitrogens with zero attached hydrogens (tertiary/aromatic N) is 2. The Bertz CT molecular complexity index is 1330. The molecule has 4 rings (SSSR count). The van der Waals surface area contributed by atoms with Crippen molar-refractivity contribution in [2.24, 2.45) is 0 Å². The summed E-state index contributed by atoms with van der Waals surface area (Å²) >= 11 is 0. The van der Waals surface area contributed by atoms with Crippen LogP contribution in [-0.2, 0) is 19.6 Å². The lowest BCUT2D eigenvalue weighted by Gasteiger charge is -2.35. The van der Waals surface area contributed by atoms with E-state index in [1.807, 2.05) is 18.2 Å². The van der Waals surface area contributed by atoms with Gasteiger partial charge in [-0.15, -0.1) is 0 Å². The van der Waals surface area contributed by atoms with Crippen molar-refractivity contribution in [1.82, 2.24) is 5.32 Å². The maximum absolute atomic E-state index is 13.1. The number of benzene rings is 3. The molecule has 3 aromatic carbocycles. The highest BCUT2D eigenvalue weighted by Gasteiger charge is 2.31. The van der Waals surface area contributed by atoms with Crippen molar-refractivity contribution < 1.29 is 22.7 Å². The van der Waals surface area contributed by atoms with Crippen molar-refractivity contribution in [3.63, 3.8) is 0 Å². The predicted octanol–water partition coefficient (Wildman–Crippen LogP) is 2.46. The van der Waals surface area contributed by atoms with Gasteiger partial charge in [0, 0.05) is 19.8 Å². The van der Waals surface area contributed by atoms with Crippen LogP contribution in [0, 0.1) is 0 Å². The van der Waals surface area contributed by atoms with Gasteiger partial charge < -0.3 is 20.3 Å². The normalized spacial score (nSPS) is 14.9. The number of hydrogen-bond donors (Lipinski definition) is 2. The summed E-state index contributed by atoms with van der Waals surface area (Å²) in [6.07, 6.45) is -0.760. The number of carbonyl (C=O) groups is 2. The number of nitrogens with one attached hydrogen (secondary N) is 2. The summed E-state index contributed by atoms with van der Waals surface area (Å²) in [4.78, 5) is 26.9. The fraction of sp³-hybridized carbons (Fsp3) is 0.200. The van der Waals surface area contributed by atoms with Gasteiger partial charge in [0.15, 0.2) is 6.10 Å². The molecule has 2 N–H and O–H groups in total. The van der Waals surface area contributed by atoms with Gasteiger partial charge in [-0.3, -0.25) is 13.9 Å². The molecule has 182 valence electrons. The lowest BCUT2D eigenvalue weighted by molar-refractivity contribution is -0.127. The Morgan fingerprint density at radius 2 is 1.74 bits per heavy atom. The first-order valence-corrected chi connectivity index (χ1v) is 12.4. The zero-order chi connectivity index (χ0) is 25.0. The smallest absolute Gasteiger partial charge is 0.264 e. The average Bonchev–Trinajstić information content (AvgIpc) is 2.88. The molecule has 1 heterocycles. The maximum Gasteiger partial charge on any atom is 0.264 e. The van der Waals surface area contributed by atoms with Crippen LogP contribution in [0.2, 0.25) is 0 Å². The van der Waals surface area contributed by atoms with Crippen LogP contribution in [0.1, 0.15) is 0 Å². The lowest BCUT2D eigenvalue weighted by Crippen LogP contribution is -2.50. The minimum absolute atomic E-state index is 0.0469. The molecule has 0 saturated heterocycles. The minimum atomic E-state index is -3.83. The molecule has 0 fully saturated rings. The molecule has 0 aromatic heterocycles. The SMILES string of the molecule is CNC(=O)[C@@H]1CN(CC(=O)Nc2cccc(S(=O)(=O)N(C)c3ccccc3)c2)c2ccccc2O1. The van der Waals surface area contributed by atoms with E-state index in [0.717, 1.165) is 0 Å². The van der Waals surface area contributed by atoms with E-state index in [2.05, 4.69) is 10.6 Å². The van der Waals surface area contributed by atoms with Gasteiger partial charge in [-0.2, -0.15) is 0 Å². The molecule has 9 nitrogen and oxygen atoms in total. The average molecular weight is 495 g/mol. The highest BCUT2D eigenvalue weighted by molar-refractivity contribution is 7.92. The molecular weight excluding hydrogens is 468 g/mol. The van der Waals surface area contributed by atoms with Crippen molar-refractivity contribution in [3.05, 3.63) is 78.9 Å². The Hall–Kier alpha value is -4.05. The summed E-state index contributed by atoms with van der Waals surface area (Å²) in [5.41, 5.74) is 1.57. The van der Waals surface area contributed by atoms with Crippen molar-refractivity contribution in [1.29, 1.82) is 0 Å². The molecule has 2 amide bonds. The second-order valence-corrected chi connectivity index (χ2v) is 9.92. The van der Waals surface area contributed by atoms with Crippen LogP contribution in [0.4, 0.5) is 17.1 Å². The first kappa shape index (κ1) is 24.1. The zero-order valence-electron chi connectivity index (χ0n) is 19.3. The summed E-state index contributed by atoms with van der Waals surface area (Å²) < 4.78 is 33.2. The monoisotopic (exact) mass is 494 g/mol. The Morgan fingerprint density at radius 1 is 1.03 bits per heavy atom. The summed E-state index contributed by atoms with van der Waals surface area (Å²) in [5.74, 6) is -0.133. The third kappa shape index (κ3) is 5.22. The van der Waals surface area contributed by atoms with Crippen molar-refractivity contribution >= 4 is 38.9 Å². The van der Waals surface area contributed by atoms with Crippen molar-refractivity contribution in [3.8, 4) is 5.75 Å². The number of rotatable bonds is 7. The van der Waals surface area contributed by atoms with Crippen molar-refractivity contribution in [2.75, 3.05) is 41.7 Å². The third-order valence-electron chi connectivity index (χ3n) is 5.63. The number of fused-ring (bicyclic) bond motifs is 1. The number of sulfonamides is 1. The van der Waals surface area contributed by atoms with E-state index < -0.39 is 16.1 Å². The largest absolute Gasteiger partial charge is 0.477 e. The number of ether oxygens (including phenoxy) is 1. The molecule has 1 aliphatic heterocycles. The van der Waals surface area contributed by atoms with Gasteiger partial charge in [0.05, 0.1) is 29.4 Å². The van der Waals surface area contributed by atoms with E-state index in [9.17, 15) is 18.0 Å². The Morgan fingerprint density at radius 3 is 2.49 bits per heavy atom. The van der Waals surface area contributed by atoms with Crippen LogP contribution < -0.4 is 24.6 Å². The summed E-state index contributed by atoms with van der Waals surface area (Å²) in [6.45, 7) is 0.148. The molecule has 0 aliphatic carbocycles. The van der Waals surface area contributed by atoms with Gasteiger partial charge >= 0.3 is 0 Å². The molecule has 35 heavy (non-hydrogen) atoms. The molecular formula is C25H26N4O5S. The number of para-hydroxylation sites is 3. The zero-order valence-corrected chi connectivity index (χ0v) is 20.2. The molecule has 1 aliphatic rings. The summed E-state index contributed by atoms with van der Waals surface area (Å²) in [5, 5.41) is 5.33. The number of likely N-dealkylation sites (N-methyl/N-ethyl adjacent to an activating group) is 1. The van der Waals surface area contributed by atoms with E-state index in [0.29, 0.717) is 22.8 Å². The van der Waals surface area contributed by atoms with Crippen LogP contribution in [0.3, 0.4) is 0 Å². The van der Waals surface area contributed by atoms with Gasteiger partial charge in [0.2, 0.25) is 5.91 Å². The molecule has 1 atom stereocenters. The Labute approximate surface area is 204 Å². The molecule has 10 heteroatoms. The summed E-state index contributed by atoms with van der Waals surface area (Å²) in [6, 6.07) is 22.0. The van der Waals surface area contributed by atoms with Crippen LogP contribution in [0.15, 0.2) is 83.8 Å². The maximum atomic E-state index is 13.1. The number of carbonyl (C=O) groups excluding carboxylic acids is 2. The van der Waals surface area contributed by atoms with Gasteiger partial charge in [-0.05, 0) is 42.5 Å². The number of anilines is 3. The first-order valence-electron chi connectivity index (χ1n) is 11.0. The fourth-order valence-corrected chi connectivity index (χ4v) is 5.04. The van der Waals surface area contributed by atoms with E-state index in [1.54, 1.807) is 53.4 Å². The highest BCUT2D eigenvalue weighted by Crippen LogP contribution is 2.33. The Balaban J connectivity index is 1.50. The van der Waals surface area contributed by atoms with Crippen LogP contribution in [0.5, 0.6) is 5.75 Å². The Kier molecular flexibility index (Phi) is 6.92. The quantitative estimate of drug-likeness (QED) is 0.523. The predicted molar refractivity (Wildman–Crippen MR) is 134 cm³/mol. The standard InChI is InChI=1S/C25H26N4O5S/c1-26-25(31)23-16-29(21-13-6-7-14-22(21)34-23)17-24(30)27-18-9-8-12-20(15-18)35(32,33)28(2)19-10-4-3-5-11-19/h3-15,23H,16-17H2,1-2H3,(H,26,31)(H,27,30)/t23-/m0/s1. The number of amides is 2. The van der Waals surface area contributed by atoms with Crippen LogP contribution in [-0.4, -0.2) is 53.5 Å². The van der Waals surface area contributed by atoms with E-state index in [4.69, 9.17) is 4.74 Å². The summed E-state index contributed by atoms with van der Waals surface area (Å²) in [7, 11) is -0.818. The molecule has 0 radical (unpaired) electrons. The molecule has 0 spiro atoms. The molecule has 3 aromatic rings. The van der Waals surface area contributed by atoms with Gasteiger partial charge in [-0.1, -0.05) is 36.4 Å². The topological polar surface area (TPSA) is 108 Å². The molecule has 0 unspecified atom stereocenters. The fourth-order valence-electron chi connectivity index (χ4n) is 3.80. The molecule has 0 bridgehead atoms. The van der Waals surface area contributed by atoms with Gasteiger partial charge in [0.1, 0.15) is 5.75 Å². The first-order chi connectivity index (χ1) is 16.8. The highest BCUT2D eigenvalue weighted by atomic mass is 32.2. The van der Waals surface area contributed by atoms with E-state index >= 15 is 0 Å². The lowest BCUT2D eigenvalue weighted by atomic mass is 10.1. The van der Waals surface area contributed by atoms with Crippen LogP contribution in [0.25, 0.3) is 0 Å². The van der Waals surface area contributed by atoms with E-state index in [-0.39, 0.29) is 29.8 Å².